The average molecular weight is 292 g/mol. The molecule has 0 rings (SSSR count). The second kappa shape index (κ2) is 6.81. The fourth-order valence-electron chi connectivity index (χ4n) is 1.27. The molecular formula is C8H17Cl3Ge. The van der Waals surface area contributed by atoms with Crippen molar-refractivity contribution in [2.24, 2.45) is 5.92 Å². The Balaban J connectivity index is 3.67. The van der Waals surface area contributed by atoms with E-state index in [9.17, 15) is 0 Å². The van der Waals surface area contributed by atoms with E-state index in [0.29, 0.717) is 5.92 Å². The molecule has 0 aromatic rings. The van der Waals surface area contributed by atoms with Crippen molar-refractivity contribution in [3.05, 3.63) is 0 Å². The van der Waals surface area contributed by atoms with Gasteiger partial charge in [-0.25, -0.2) is 0 Å². The van der Waals surface area contributed by atoms with E-state index in [2.05, 4.69) is 13.8 Å². The molecule has 0 saturated carbocycles. The maximum atomic E-state index is 5.90. The van der Waals surface area contributed by atoms with Crippen LogP contribution in [0.1, 0.15) is 39.5 Å². The van der Waals surface area contributed by atoms with E-state index in [0.717, 1.165) is 11.7 Å². The summed E-state index contributed by atoms with van der Waals surface area (Å²) in [6, 6.07) is 0. The van der Waals surface area contributed by atoms with Gasteiger partial charge < -0.3 is 0 Å². The van der Waals surface area contributed by atoms with Crippen LogP contribution < -0.4 is 0 Å². The van der Waals surface area contributed by atoms with Crippen LogP contribution in [0.5, 0.6) is 0 Å². The zero-order valence-corrected chi connectivity index (χ0v) is 12.1. The van der Waals surface area contributed by atoms with Crippen molar-refractivity contribution in [2.45, 2.75) is 44.8 Å². The van der Waals surface area contributed by atoms with E-state index in [1.54, 1.807) is 0 Å². The second-order valence-electron chi connectivity index (χ2n) is 3.24. The van der Waals surface area contributed by atoms with Crippen LogP contribution in [0, 0.1) is 5.92 Å². The summed E-state index contributed by atoms with van der Waals surface area (Å²) in [5, 5.41) is 0.876. The Bertz CT molecular complexity index is 111. The molecule has 0 spiro atoms. The maximum absolute atomic E-state index is 5.90. The van der Waals surface area contributed by atoms with Crippen molar-refractivity contribution in [1.29, 1.82) is 0 Å². The SMILES string of the molecule is CCCCC(CC)[CH2][Ge]([Cl])([Cl])[Cl]. The molecule has 0 aliphatic carbocycles. The molecule has 12 heavy (non-hydrogen) atoms. The van der Waals surface area contributed by atoms with Gasteiger partial charge in [0.2, 0.25) is 0 Å². The van der Waals surface area contributed by atoms with Crippen molar-refractivity contribution in [2.75, 3.05) is 0 Å². The van der Waals surface area contributed by atoms with Gasteiger partial charge in [-0.15, -0.1) is 0 Å². The van der Waals surface area contributed by atoms with Gasteiger partial charge in [0.25, 0.3) is 0 Å². The summed E-state index contributed by atoms with van der Waals surface area (Å²) in [6.07, 6.45) is 4.89. The summed E-state index contributed by atoms with van der Waals surface area (Å²) >= 11 is 0. The van der Waals surface area contributed by atoms with Crippen LogP contribution in [-0.4, -0.2) is 10.5 Å². The Morgan fingerprint density at radius 2 is 1.75 bits per heavy atom. The normalized spacial score (nSPS) is 14.8. The Morgan fingerprint density at radius 1 is 1.17 bits per heavy atom. The third kappa shape index (κ3) is 8.03. The Morgan fingerprint density at radius 3 is 2.08 bits per heavy atom. The van der Waals surface area contributed by atoms with E-state index in [4.69, 9.17) is 30.0 Å². The van der Waals surface area contributed by atoms with Gasteiger partial charge in [-0.3, -0.25) is 0 Å². The zero-order chi connectivity index (χ0) is 9.61. The molecule has 0 aromatic heterocycles. The number of unbranched alkanes of at least 4 members (excludes halogenated alkanes) is 1. The molecule has 0 aliphatic rings. The third-order valence-electron chi connectivity index (χ3n) is 2.06. The van der Waals surface area contributed by atoms with Gasteiger partial charge in [-0.2, -0.15) is 0 Å². The van der Waals surface area contributed by atoms with Gasteiger partial charge in [0.1, 0.15) is 0 Å². The van der Waals surface area contributed by atoms with Gasteiger partial charge in [-0.05, 0) is 0 Å². The molecule has 0 radical (unpaired) electrons. The minimum absolute atomic E-state index is 0.650. The Labute approximate surface area is 90.9 Å². The van der Waals surface area contributed by atoms with Gasteiger partial charge in [0.15, 0.2) is 0 Å². The van der Waals surface area contributed by atoms with Crippen LogP contribution >= 0.6 is 30.0 Å². The first kappa shape index (κ1) is 13.4. The molecular weight excluding hydrogens is 275 g/mol. The topological polar surface area (TPSA) is 0 Å². The predicted molar refractivity (Wildman–Crippen MR) is 61.4 cm³/mol. The molecule has 0 heterocycles. The molecule has 0 aromatic carbocycles. The van der Waals surface area contributed by atoms with E-state index < -0.39 is 10.5 Å². The standard InChI is InChI=1S/C8H17Cl3Ge/c1-3-5-6-8(4-2)7-12(9,10)11/h8H,3-7H2,1-2H3. The second-order valence-corrected chi connectivity index (χ2v) is 19.7. The Kier molecular flexibility index (Phi) is 7.61. The van der Waals surface area contributed by atoms with Crippen LogP contribution in [0.25, 0.3) is 0 Å². The summed E-state index contributed by atoms with van der Waals surface area (Å²) in [4.78, 5) is 0. The number of rotatable bonds is 6. The fraction of sp³-hybridized carbons (Fsp3) is 1.00. The molecule has 74 valence electrons. The summed E-state index contributed by atoms with van der Waals surface area (Å²) in [7, 11) is 14.9. The molecule has 0 N–H and O–H groups in total. The van der Waals surface area contributed by atoms with Crippen molar-refractivity contribution < 1.29 is 0 Å². The van der Waals surface area contributed by atoms with E-state index in [-0.39, 0.29) is 0 Å². The molecule has 1 unspecified atom stereocenters. The predicted octanol–water partition coefficient (Wildman–Crippen LogP) is 4.86. The van der Waals surface area contributed by atoms with E-state index >= 15 is 0 Å². The van der Waals surface area contributed by atoms with Crippen LogP contribution in [0.15, 0.2) is 0 Å². The van der Waals surface area contributed by atoms with Gasteiger partial charge in [-0.1, -0.05) is 0 Å². The average Bonchev–Trinajstić information content (AvgIpc) is 1.95. The number of hydrogen-bond acceptors (Lipinski definition) is 0. The quantitative estimate of drug-likeness (QED) is 0.613. The molecule has 0 nitrogen and oxygen atoms in total. The Hall–Kier alpha value is 1.41. The summed E-state index contributed by atoms with van der Waals surface area (Å²) in [5.41, 5.74) is 0. The molecule has 0 bridgehead atoms. The van der Waals surface area contributed by atoms with Crippen molar-refractivity contribution in [3.63, 3.8) is 0 Å². The fourth-order valence-corrected chi connectivity index (χ4v) is 7.08. The van der Waals surface area contributed by atoms with E-state index in [1.807, 2.05) is 0 Å². The van der Waals surface area contributed by atoms with Crippen molar-refractivity contribution >= 4 is 40.5 Å². The van der Waals surface area contributed by atoms with Crippen LogP contribution in [0.3, 0.4) is 0 Å². The van der Waals surface area contributed by atoms with Crippen LogP contribution in [0.2, 0.25) is 5.25 Å². The number of halogens is 3. The third-order valence-corrected chi connectivity index (χ3v) is 6.65. The monoisotopic (exact) mass is 292 g/mol. The van der Waals surface area contributed by atoms with Crippen molar-refractivity contribution in [1.82, 2.24) is 0 Å². The van der Waals surface area contributed by atoms with Gasteiger partial charge in [0, 0.05) is 0 Å². The first-order chi connectivity index (χ1) is 5.49. The zero-order valence-electron chi connectivity index (χ0n) is 7.75. The molecule has 1 atom stereocenters. The molecule has 0 aliphatic heterocycles. The molecule has 0 amide bonds. The number of hydrogen-bond donors (Lipinski definition) is 0. The first-order valence-corrected chi connectivity index (χ1v) is 14.3. The van der Waals surface area contributed by atoms with Crippen molar-refractivity contribution in [3.8, 4) is 0 Å². The van der Waals surface area contributed by atoms with Crippen LogP contribution in [-0.2, 0) is 0 Å². The molecule has 0 fully saturated rings. The van der Waals surface area contributed by atoms with Gasteiger partial charge in [0.05, 0.1) is 0 Å². The van der Waals surface area contributed by atoms with Crippen LogP contribution in [0.4, 0.5) is 0 Å². The summed E-state index contributed by atoms with van der Waals surface area (Å²) in [6.45, 7) is 4.38. The minimum atomic E-state index is -2.83. The van der Waals surface area contributed by atoms with E-state index in [1.165, 1.54) is 19.3 Å². The summed E-state index contributed by atoms with van der Waals surface area (Å²) < 4.78 is 0. The summed E-state index contributed by atoms with van der Waals surface area (Å²) in [5.74, 6) is 0.650. The van der Waals surface area contributed by atoms with Gasteiger partial charge >= 0.3 is 91.2 Å². The molecule has 4 heteroatoms. The first-order valence-electron chi connectivity index (χ1n) is 4.56. The molecule has 0 saturated heterocycles.